The molecule has 25 heavy (non-hydrogen) atoms. The van der Waals surface area contributed by atoms with Gasteiger partial charge in [-0.05, 0) is 51.4 Å². The van der Waals surface area contributed by atoms with Gasteiger partial charge in [-0.3, -0.25) is 9.59 Å². The number of hydrogen-bond acceptors (Lipinski definition) is 4. The van der Waals surface area contributed by atoms with Gasteiger partial charge in [0, 0.05) is 19.7 Å². The molecule has 1 aromatic rings. The second kappa shape index (κ2) is 8.45. The van der Waals surface area contributed by atoms with Gasteiger partial charge in [-0.15, -0.1) is 0 Å². The highest BCUT2D eigenvalue weighted by Crippen LogP contribution is 2.20. The number of piperidine rings is 1. The molecule has 2 unspecified atom stereocenters. The van der Waals surface area contributed by atoms with Crippen LogP contribution in [0.4, 0.5) is 5.69 Å². The van der Waals surface area contributed by atoms with Crippen LogP contribution in [-0.4, -0.2) is 56.1 Å². The molecule has 2 N–H and O–H groups in total. The summed E-state index contributed by atoms with van der Waals surface area (Å²) in [6.07, 6.45) is 4.04. The molecule has 2 atom stereocenters. The molecule has 0 bridgehead atoms. The number of likely N-dealkylation sites (tertiary alicyclic amines) is 1. The van der Waals surface area contributed by atoms with Gasteiger partial charge in [0.05, 0.1) is 23.3 Å². The lowest BCUT2D eigenvalue weighted by Gasteiger charge is -2.28. The van der Waals surface area contributed by atoms with E-state index < -0.39 is 0 Å². The predicted octanol–water partition coefficient (Wildman–Crippen LogP) is 1.88. The van der Waals surface area contributed by atoms with E-state index in [-0.39, 0.29) is 23.8 Å². The normalized spacial score (nSPS) is 24.0. The molecule has 6 heteroatoms. The Morgan fingerprint density at radius 2 is 2.08 bits per heavy atom. The zero-order valence-electron chi connectivity index (χ0n) is 14.8. The van der Waals surface area contributed by atoms with Crippen molar-refractivity contribution in [1.29, 1.82) is 0 Å². The van der Waals surface area contributed by atoms with Crippen molar-refractivity contribution in [1.82, 2.24) is 10.2 Å². The van der Waals surface area contributed by atoms with E-state index >= 15 is 0 Å². The first kappa shape index (κ1) is 17.9. The predicted molar refractivity (Wildman–Crippen MR) is 96.6 cm³/mol. The standard InChI is InChI=1S/C19H27N3O3/c1-22-10-4-6-14(13-22)18(23)21-17-9-3-2-8-16(17)19(24)20-12-15-7-5-11-25-15/h2-3,8-9,14-15H,4-7,10-13H2,1H3,(H,20,24)(H,21,23). The van der Waals surface area contributed by atoms with Gasteiger partial charge in [0.2, 0.25) is 5.91 Å². The molecule has 2 saturated heterocycles. The number of hydrogen-bond donors (Lipinski definition) is 2. The van der Waals surface area contributed by atoms with Crippen molar-refractivity contribution < 1.29 is 14.3 Å². The summed E-state index contributed by atoms with van der Waals surface area (Å²) in [6, 6.07) is 7.17. The third-order valence-electron chi connectivity index (χ3n) is 4.94. The van der Waals surface area contributed by atoms with E-state index in [0.717, 1.165) is 45.4 Å². The molecule has 0 aromatic heterocycles. The molecule has 0 aliphatic carbocycles. The van der Waals surface area contributed by atoms with Gasteiger partial charge >= 0.3 is 0 Å². The van der Waals surface area contributed by atoms with Crippen LogP contribution in [0.25, 0.3) is 0 Å². The Hall–Kier alpha value is -1.92. The fraction of sp³-hybridized carbons (Fsp3) is 0.579. The van der Waals surface area contributed by atoms with Crippen LogP contribution < -0.4 is 10.6 Å². The van der Waals surface area contributed by atoms with Crippen LogP contribution in [0, 0.1) is 5.92 Å². The van der Waals surface area contributed by atoms with E-state index in [1.165, 1.54) is 0 Å². The summed E-state index contributed by atoms with van der Waals surface area (Å²) in [5.74, 6) is -0.208. The molecule has 136 valence electrons. The maximum Gasteiger partial charge on any atom is 0.253 e. The molecule has 2 amide bonds. The Morgan fingerprint density at radius 3 is 2.84 bits per heavy atom. The number of carbonyl (C=O) groups is 2. The molecule has 0 saturated carbocycles. The molecule has 2 fully saturated rings. The van der Waals surface area contributed by atoms with E-state index in [1.54, 1.807) is 12.1 Å². The zero-order valence-corrected chi connectivity index (χ0v) is 14.8. The van der Waals surface area contributed by atoms with Gasteiger partial charge in [-0.25, -0.2) is 0 Å². The van der Waals surface area contributed by atoms with Gasteiger partial charge in [0.1, 0.15) is 0 Å². The summed E-state index contributed by atoms with van der Waals surface area (Å²) in [5, 5.41) is 5.87. The maximum absolute atomic E-state index is 12.6. The van der Waals surface area contributed by atoms with Crippen LogP contribution in [0.1, 0.15) is 36.0 Å². The van der Waals surface area contributed by atoms with Gasteiger partial charge in [-0.2, -0.15) is 0 Å². The van der Waals surface area contributed by atoms with Crippen LogP contribution in [0.2, 0.25) is 0 Å². The molecular formula is C19H27N3O3. The van der Waals surface area contributed by atoms with Gasteiger partial charge in [0.25, 0.3) is 5.91 Å². The third kappa shape index (κ3) is 4.80. The molecule has 0 spiro atoms. The van der Waals surface area contributed by atoms with Crippen molar-refractivity contribution in [2.45, 2.75) is 31.8 Å². The second-order valence-corrected chi connectivity index (χ2v) is 6.98. The van der Waals surface area contributed by atoms with Crippen LogP contribution >= 0.6 is 0 Å². The van der Waals surface area contributed by atoms with Crippen molar-refractivity contribution in [3.63, 3.8) is 0 Å². The van der Waals surface area contributed by atoms with Crippen LogP contribution in [0.3, 0.4) is 0 Å². The first-order chi connectivity index (χ1) is 12.1. The van der Waals surface area contributed by atoms with Gasteiger partial charge in [0.15, 0.2) is 0 Å². The van der Waals surface area contributed by atoms with E-state index in [9.17, 15) is 9.59 Å². The summed E-state index contributed by atoms with van der Waals surface area (Å²) in [4.78, 5) is 27.2. The number of nitrogens with one attached hydrogen (secondary N) is 2. The lowest BCUT2D eigenvalue weighted by molar-refractivity contribution is -0.121. The Kier molecular flexibility index (Phi) is 6.04. The number of nitrogens with zero attached hydrogens (tertiary/aromatic N) is 1. The number of benzene rings is 1. The van der Waals surface area contributed by atoms with E-state index in [0.29, 0.717) is 17.8 Å². The number of anilines is 1. The highest BCUT2D eigenvalue weighted by atomic mass is 16.5. The topological polar surface area (TPSA) is 70.7 Å². The number of carbonyl (C=O) groups excluding carboxylic acids is 2. The smallest absolute Gasteiger partial charge is 0.253 e. The van der Waals surface area contributed by atoms with E-state index in [1.807, 2.05) is 19.2 Å². The first-order valence-corrected chi connectivity index (χ1v) is 9.11. The summed E-state index contributed by atoms with van der Waals surface area (Å²) in [6.45, 7) is 3.07. The molecular weight excluding hydrogens is 318 g/mol. The van der Waals surface area contributed by atoms with Gasteiger partial charge < -0.3 is 20.3 Å². The minimum Gasteiger partial charge on any atom is -0.376 e. The fourth-order valence-corrected chi connectivity index (χ4v) is 3.51. The molecule has 2 aliphatic rings. The largest absolute Gasteiger partial charge is 0.376 e. The number of amides is 2. The minimum atomic E-state index is -0.174. The van der Waals surface area contributed by atoms with Crippen molar-refractivity contribution in [2.75, 3.05) is 38.6 Å². The lowest BCUT2D eigenvalue weighted by Crippen LogP contribution is -2.39. The monoisotopic (exact) mass is 345 g/mol. The van der Waals surface area contributed by atoms with E-state index in [4.69, 9.17) is 4.74 Å². The number of ether oxygens (including phenoxy) is 1. The van der Waals surface area contributed by atoms with Crippen LogP contribution in [0.5, 0.6) is 0 Å². The molecule has 2 aliphatic heterocycles. The van der Waals surface area contributed by atoms with Crippen molar-refractivity contribution in [3.05, 3.63) is 29.8 Å². The Morgan fingerprint density at radius 1 is 1.24 bits per heavy atom. The SMILES string of the molecule is CN1CCCC(C(=O)Nc2ccccc2C(=O)NCC2CCCO2)C1. The zero-order chi connectivity index (χ0) is 17.6. The Labute approximate surface area is 148 Å². The molecule has 2 heterocycles. The molecule has 6 nitrogen and oxygen atoms in total. The van der Waals surface area contributed by atoms with E-state index in [2.05, 4.69) is 15.5 Å². The number of para-hydroxylation sites is 1. The van der Waals surface area contributed by atoms with Crippen molar-refractivity contribution in [2.24, 2.45) is 5.92 Å². The van der Waals surface area contributed by atoms with Gasteiger partial charge in [-0.1, -0.05) is 12.1 Å². The second-order valence-electron chi connectivity index (χ2n) is 6.98. The first-order valence-electron chi connectivity index (χ1n) is 9.11. The third-order valence-corrected chi connectivity index (χ3v) is 4.94. The molecule has 0 radical (unpaired) electrons. The Bertz CT molecular complexity index is 614. The number of rotatable bonds is 5. The summed E-state index contributed by atoms with van der Waals surface area (Å²) in [5.41, 5.74) is 1.07. The van der Waals surface area contributed by atoms with Crippen LogP contribution in [-0.2, 0) is 9.53 Å². The highest BCUT2D eigenvalue weighted by molar-refractivity contribution is 6.04. The quantitative estimate of drug-likeness (QED) is 0.855. The minimum absolute atomic E-state index is 0.00840. The molecule has 3 rings (SSSR count). The average Bonchev–Trinajstić information content (AvgIpc) is 3.13. The summed E-state index contributed by atoms with van der Waals surface area (Å²) >= 11 is 0. The summed E-state index contributed by atoms with van der Waals surface area (Å²) < 4.78 is 5.53. The fourth-order valence-electron chi connectivity index (χ4n) is 3.51. The van der Waals surface area contributed by atoms with Crippen molar-refractivity contribution in [3.8, 4) is 0 Å². The Balaban J connectivity index is 1.61. The molecule has 1 aromatic carbocycles. The average molecular weight is 345 g/mol. The van der Waals surface area contributed by atoms with Crippen LogP contribution in [0.15, 0.2) is 24.3 Å². The lowest BCUT2D eigenvalue weighted by atomic mass is 9.97. The summed E-state index contributed by atoms with van der Waals surface area (Å²) in [7, 11) is 2.03. The maximum atomic E-state index is 12.6. The van der Waals surface area contributed by atoms with Crippen molar-refractivity contribution >= 4 is 17.5 Å². The highest BCUT2D eigenvalue weighted by Gasteiger charge is 2.25.